The average molecular weight is 404 g/mol. The van der Waals surface area contributed by atoms with Gasteiger partial charge in [0, 0.05) is 17.2 Å². The summed E-state index contributed by atoms with van der Waals surface area (Å²) in [4.78, 5) is 32.5. The minimum atomic E-state index is -1.13. The summed E-state index contributed by atoms with van der Waals surface area (Å²) in [5.41, 5.74) is 4.46. The Labute approximate surface area is 168 Å². The van der Waals surface area contributed by atoms with E-state index in [2.05, 4.69) is 10.5 Å². The van der Waals surface area contributed by atoms with Crippen molar-refractivity contribution in [3.8, 4) is 11.1 Å². The van der Waals surface area contributed by atoms with Crippen molar-refractivity contribution in [2.75, 3.05) is 5.43 Å². The molecule has 0 atom stereocenters. The van der Waals surface area contributed by atoms with Crippen molar-refractivity contribution in [3.05, 3.63) is 97.6 Å². The van der Waals surface area contributed by atoms with Crippen LogP contribution in [0.25, 0.3) is 11.1 Å². The second-order valence-corrected chi connectivity index (χ2v) is 6.37. The first-order valence-corrected chi connectivity index (χ1v) is 8.61. The van der Waals surface area contributed by atoms with E-state index in [1.165, 1.54) is 12.1 Å². The highest BCUT2D eigenvalue weighted by atomic mass is 16.6. The van der Waals surface area contributed by atoms with Crippen molar-refractivity contribution in [2.24, 2.45) is 5.10 Å². The van der Waals surface area contributed by atoms with Crippen LogP contribution >= 0.6 is 0 Å². The first-order valence-electron chi connectivity index (χ1n) is 8.61. The third kappa shape index (κ3) is 3.02. The fourth-order valence-corrected chi connectivity index (χ4v) is 3.38. The Morgan fingerprint density at radius 1 is 0.900 bits per heavy atom. The molecule has 4 rings (SSSR count). The second-order valence-electron chi connectivity index (χ2n) is 6.37. The van der Waals surface area contributed by atoms with E-state index in [9.17, 15) is 30.1 Å². The molecule has 0 bridgehead atoms. The molecule has 0 amide bonds. The normalized spacial score (nSPS) is 12.9. The van der Waals surface area contributed by atoms with Gasteiger partial charge in [0.2, 0.25) is 0 Å². The van der Waals surface area contributed by atoms with E-state index in [0.29, 0.717) is 22.4 Å². The number of benzene rings is 3. The molecule has 0 unspecified atom stereocenters. The molecule has 30 heavy (non-hydrogen) atoms. The van der Waals surface area contributed by atoms with Gasteiger partial charge >= 0.3 is 11.7 Å². The van der Waals surface area contributed by atoms with Crippen LogP contribution in [0.5, 0.6) is 0 Å². The summed E-state index contributed by atoms with van der Waals surface area (Å²) in [5.74, 6) is -1.13. The SMILES string of the molecule is O=C(O)c1cccc2c1/C(=N\Nc1ccc([N+](=O)[O-])cc1[N+](=O)[O-])c1ccccc1-2. The van der Waals surface area contributed by atoms with Crippen LogP contribution < -0.4 is 5.43 Å². The van der Waals surface area contributed by atoms with Crippen molar-refractivity contribution in [1.82, 2.24) is 0 Å². The topological polar surface area (TPSA) is 148 Å². The summed E-state index contributed by atoms with van der Waals surface area (Å²) < 4.78 is 0. The number of rotatable bonds is 5. The van der Waals surface area contributed by atoms with Crippen LogP contribution in [0.2, 0.25) is 0 Å². The van der Waals surface area contributed by atoms with Crippen molar-refractivity contribution in [2.45, 2.75) is 0 Å². The number of hydrazone groups is 1. The van der Waals surface area contributed by atoms with E-state index in [0.717, 1.165) is 17.7 Å². The molecule has 1 aliphatic rings. The number of aromatic carboxylic acids is 1. The van der Waals surface area contributed by atoms with Gasteiger partial charge in [-0.15, -0.1) is 0 Å². The number of hydrogen-bond acceptors (Lipinski definition) is 7. The standard InChI is InChI=1S/C20H12N4O6/c25-20(26)15-7-3-6-13-12-4-1-2-5-14(12)19(18(13)15)22-21-16-9-8-11(23(27)28)10-17(16)24(29)30/h1-10,21H,(H,25,26)/b22-19-. The van der Waals surface area contributed by atoms with Crippen molar-refractivity contribution in [3.63, 3.8) is 0 Å². The summed E-state index contributed by atoms with van der Waals surface area (Å²) in [6, 6.07) is 15.2. The minimum absolute atomic E-state index is 0.0439. The number of carboxylic acids is 1. The summed E-state index contributed by atoms with van der Waals surface area (Å²) in [7, 11) is 0. The molecule has 0 spiro atoms. The van der Waals surface area contributed by atoms with Gasteiger partial charge in [0.25, 0.3) is 5.69 Å². The first kappa shape index (κ1) is 18.7. The van der Waals surface area contributed by atoms with E-state index in [4.69, 9.17) is 0 Å². The zero-order valence-corrected chi connectivity index (χ0v) is 15.1. The predicted octanol–water partition coefficient (Wildman–Crippen LogP) is 4.05. The Balaban J connectivity index is 1.85. The number of carbonyl (C=O) groups is 1. The first-order chi connectivity index (χ1) is 14.4. The Hall–Kier alpha value is -4.60. The number of hydrogen-bond donors (Lipinski definition) is 2. The largest absolute Gasteiger partial charge is 0.478 e. The zero-order chi connectivity index (χ0) is 21.4. The van der Waals surface area contributed by atoms with E-state index in [1.807, 2.05) is 12.1 Å². The highest BCUT2D eigenvalue weighted by Gasteiger charge is 2.29. The summed E-state index contributed by atoms with van der Waals surface area (Å²) in [6.07, 6.45) is 0. The lowest BCUT2D eigenvalue weighted by molar-refractivity contribution is -0.393. The molecule has 0 saturated heterocycles. The van der Waals surface area contributed by atoms with E-state index < -0.39 is 27.2 Å². The maximum atomic E-state index is 11.7. The zero-order valence-electron chi connectivity index (χ0n) is 15.1. The highest BCUT2D eigenvalue weighted by molar-refractivity contribution is 6.27. The van der Waals surface area contributed by atoms with Crippen LogP contribution in [0.3, 0.4) is 0 Å². The second kappa shape index (κ2) is 7.09. The number of carboxylic acid groups (broad SMARTS) is 1. The van der Waals surface area contributed by atoms with E-state index in [1.54, 1.807) is 24.3 Å². The van der Waals surface area contributed by atoms with Gasteiger partial charge in [-0.2, -0.15) is 5.10 Å². The number of non-ortho nitro benzene ring substituents is 1. The molecular formula is C20H12N4O6. The molecule has 1 aliphatic carbocycles. The van der Waals surface area contributed by atoms with Gasteiger partial charge in [0.05, 0.1) is 27.2 Å². The molecule has 10 nitrogen and oxygen atoms in total. The Morgan fingerprint density at radius 3 is 2.27 bits per heavy atom. The Morgan fingerprint density at radius 2 is 1.60 bits per heavy atom. The fraction of sp³-hybridized carbons (Fsp3) is 0. The predicted molar refractivity (Wildman–Crippen MR) is 108 cm³/mol. The van der Waals surface area contributed by atoms with Crippen LogP contribution in [0.1, 0.15) is 21.5 Å². The molecule has 3 aromatic rings. The van der Waals surface area contributed by atoms with Crippen LogP contribution in [0.15, 0.2) is 65.8 Å². The van der Waals surface area contributed by atoms with Crippen molar-refractivity contribution >= 4 is 28.7 Å². The monoisotopic (exact) mass is 404 g/mol. The molecule has 2 N–H and O–H groups in total. The number of fused-ring (bicyclic) bond motifs is 3. The van der Waals surface area contributed by atoms with Crippen molar-refractivity contribution in [1.29, 1.82) is 0 Å². The third-order valence-electron chi connectivity index (χ3n) is 4.68. The molecule has 3 aromatic carbocycles. The molecule has 0 aromatic heterocycles. The highest BCUT2D eigenvalue weighted by Crippen LogP contribution is 2.39. The lowest BCUT2D eigenvalue weighted by Crippen LogP contribution is -2.10. The summed E-state index contributed by atoms with van der Waals surface area (Å²) in [5, 5.41) is 36.1. The van der Waals surface area contributed by atoms with Gasteiger partial charge in [-0.3, -0.25) is 25.7 Å². The van der Waals surface area contributed by atoms with Crippen LogP contribution in [-0.2, 0) is 0 Å². The molecule has 0 aliphatic heterocycles. The smallest absolute Gasteiger partial charge is 0.336 e. The quantitative estimate of drug-likeness (QED) is 0.376. The van der Waals surface area contributed by atoms with Gasteiger partial charge < -0.3 is 5.11 Å². The molecule has 0 fully saturated rings. The van der Waals surface area contributed by atoms with Crippen LogP contribution in [0, 0.1) is 20.2 Å². The van der Waals surface area contributed by atoms with Gasteiger partial charge in [0.1, 0.15) is 5.69 Å². The molecule has 0 saturated carbocycles. The van der Waals surface area contributed by atoms with Gasteiger partial charge in [-0.1, -0.05) is 36.4 Å². The van der Waals surface area contributed by atoms with Gasteiger partial charge in [-0.05, 0) is 23.3 Å². The maximum Gasteiger partial charge on any atom is 0.336 e. The van der Waals surface area contributed by atoms with Crippen LogP contribution in [0.4, 0.5) is 17.1 Å². The number of nitro groups is 2. The Bertz CT molecular complexity index is 1270. The Kier molecular flexibility index (Phi) is 4.43. The molecule has 0 radical (unpaired) electrons. The molecule has 0 heterocycles. The number of nitrogens with one attached hydrogen (secondary N) is 1. The molecule has 10 heteroatoms. The average Bonchev–Trinajstić information content (AvgIpc) is 3.05. The number of nitrogens with zero attached hydrogens (tertiary/aromatic N) is 3. The molecular weight excluding hydrogens is 392 g/mol. The van der Waals surface area contributed by atoms with Crippen LogP contribution in [-0.4, -0.2) is 26.6 Å². The van der Waals surface area contributed by atoms with Gasteiger partial charge in [0.15, 0.2) is 0 Å². The fourth-order valence-electron chi connectivity index (χ4n) is 3.38. The summed E-state index contributed by atoms with van der Waals surface area (Å²) >= 11 is 0. The summed E-state index contributed by atoms with van der Waals surface area (Å²) in [6.45, 7) is 0. The van der Waals surface area contributed by atoms with E-state index >= 15 is 0 Å². The maximum absolute atomic E-state index is 11.7. The lowest BCUT2D eigenvalue weighted by Gasteiger charge is -2.07. The number of anilines is 1. The minimum Gasteiger partial charge on any atom is -0.478 e. The number of nitro benzene ring substituents is 2. The lowest BCUT2D eigenvalue weighted by atomic mass is 10.0. The van der Waals surface area contributed by atoms with E-state index in [-0.39, 0.29) is 11.3 Å². The molecule has 148 valence electrons. The van der Waals surface area contributed by atoms with Gasteiger partial charge in [-0.25, -0.2) is 4.79 Å². The van der Waals surface area contributed by atoms with Crippen molar-refractivity contribution < 1.29 is 19.7 Å². The third-order valence-corrected chi connectivity index (χ3v) is 4.68.